The predicted octanol–water partition coefficient (Wildman–Crippen LogP) is 4.63. The Morgan fingerprint density at radius 2 is 1.95 bits per heavy atom. The third-order valence-electron chi connectivity index (χ3n) is 3.26. The van der Waals surface area contributed by atoms with E-state index in [1.54, 1.807) is 18.2 Å². The number of rotatable bonds is 3. The molecule has 98 valence electrons. The summed E-state index contributed by atoms with van der Waals surface area (Å²) in [5.41, 5.74) is 3.11. The molecule has 0 spiro atoms. The normalized spacial score (nSPS) is 10.5. The van der Waals surface area contributed by atoms with E-state index in [0.29, 0.717) is 11.1 Å². The second-order valence-electron chi connectivity index (χ2n) is 4.58. The number of hydrogen-bond donors (Lipinski definition) is 0. The van der Waals surface area contributed by atoms with E-state index in [0.717, 1.165) is 15.6 Å². The molecule has 1 nitrogen and oxygen atoms in total. The zero-order valence-electron chi connectivity index (χ0n) is 10.8. The summed E-state index contributed by atoms with van der Waals surface area (Å²) in [4.78, 5) is 12.3. The van der Waals surface area contributed by atoms with Crippen LogP contribution in [0.1, 0.15) is 27.0 Å². The average Bonchev–Trinajstić information content (AvgIpc) is 2.37. The topological polar surface area (TPSA) is 17.1 Å². The highest BCUT2D eigenvalue weighted by molar-refractivity contribution is 9.10. The summed E-state index contributed by atoms with van der Waals surface area (Å²) in [6.45, 7) is 3.88. The van der Waals surface area contributed by atoms with Crippen molar-refractivity contribution in [2.24, 2.45) is 0 Å². The fourth-order valence-corrected chi connectivity index (χ4v) is 2.41. The van der Waals surface area contributed by atoms with Crippen molar-refractivity contribution >= 4 is 21.7 Å². The minimum absolute atomic E-state index is 0.0572. The van der Waals surface area contributed by atoms with Crippen LogP contribution in [0.4, 0.5) is 4.39 Å². The molecule has 0 fully saturated rings. The number of aryl methyl sites for hydroxylation is 1. The monoisotopic (exact) mass is 320 g/mol. The predicted molar refractivity (Wildman–Crippen MR) is 78.1 cm³/mol. The van der Waals surface area contributed by atoms with E-state index in [2.05, 4.69) is 15.9 Å². The molecule has 0 aliphatic rings. The van der Waals surface area contributed by atoms with Crippen molar-refractivity contribution in [2.45, 2.75) is 20.3 Å². The van der Waals surface area contributed by atoms with Gasteiger partial charge in [-0.2, -0.15) is 0 Å². The maximum atomic E-state index is 13.7. The number of Topliss-reactive ketones (excluding diaryl/α,β-unsaturated/α-hetero) is 1. The summed E-state index contributed by atoms with van der Waals surface area (Å²) in [6.07, 6.45) is 0.0789. The lowest BCUT2D eigenvalue weighted by atomic mass is 9.96. The highest BCUT2D eigenvalue weighted by atomic mass is 79.9. The molecule has 0 radical (unpaired) electrons. The van der Waals surface area contributed by atoms with Crippen molar-refractivity contribution in [3.8, 4) is 0 Å². The van der Waals surface area contributed by atoms with E-state index >= 15 is 0 Å². The van der Waals surface area contributed by atoms with E-state index in [9.17, 15) is 9.18 Å². The third-order valence-corrected chi connectivity index (χ3v) is 3.76. The van der Waals surface area contributed by atoms with Gasteiger partial charge in [0.05, 0.1) is 0 Å². The minimum atomic E-state index is -0.346. The van der Waals surface area contributed by atoms with Crippen molar-refractivity contribution in [3.05, 3.63) is 68.9 Å². The van der Waals surface area contributed by atoms with Crippen LogP contribution in [0.3, 0.4) is 0 Å². The molecular weight excluding hydrogens is 307 g/mol. The van der Waals surface area contributed by atoms with Crippen molar-refractivity contribution in [3.63, 3.8) is 0 Å². The lowest BCUT2D eigenvalue weighted by Gasteiger charge is -2.08. The Labute approximate surface area is 120 Å². The zero-order valence-corrected chi connectivity index (χ0v) is 12.4. The Hall–Kier alpha value is -1.48. The molecule has 0 bridgehead atoms. The van der Waals surface area contributed by atoms with Gasteiger partial charge in [-0.25, -0.2) is 4.39 Å². The van der Waals surface area contributed by atoms with Gasteiger partial charge in [-0.15, -0.1) is 0 Å². The van der Waals surface area contributed by atoms with Gasteiger partial charge in [0.1, 0.15) is 5.82 Å². The highest BCUT2D eigenvalue weighted by Crippen LogP contribution is 2.19. The number of carbonyl (C=O) groups excluding carboxylic acids is 1. The quantitative estimate of drug-likeness (QED) is 0.753. The molecule has 0 unspecified atom stereocenters. The van der Waals surface area contributed by atoms with E-state index in [-0.39, 0.29) is 18.0 Å². The number of ketones is 1. The summed E-state index contributed by atoms with van der Waals surface area (Å²) < 4.78 is 14.4. The Bertz CT molecular complexity index is 635. The molecule has 3 heteroatoms. The van der Waals surface area contributed by atoms with Gasteiger partial charge in [0.25, 0.3) is 0 Å². The summed E-state index contributed by atoms with van der Waals surface area (Å²) in [6, 6.07) is 10.3. The second kappa shape index (κ2) is 5.66. The van der Waals surface area contributed by atoms with E-state index in [1.807, 2.05) is 26.0 Å². The molecule has 0 amide bonds. The molecule has 0 atom stereocenters. The molecule has 0 aliphatic heterocycles. The molecule has 0 saturated heterocycles. The van der Waals surface area contributed by atoms with E-state index < -0.39 is 0 Å². The largest absolute Gasteiger partial charge is 0.294 e. The van der Waals surface area contributed by atoms with Gasteiger partial charge in [0, 0.05) is 16.5 Å². The lowest BCUT2D eigenvalue weighted by molar-refractivity contribution is 0.0991. The zero-order chi connectivity index (χ0) is 14.0. The number of halogens is 2. The van der Waals surface area contributed by atoms with Gasteiger partial charge in [-0.3, -0.25) is 4.79 Å². The summed E-state index contributed by atoms with van der Waals surface area (Å²) in [5, 5.41) is 0. The Kier molecular flexibility index (Phi) is 4.15. The van der Waals surface area contributed by atoms with Crippen molar-refractivity contribution in [1.82, 2.24) is 0 Å². The first-order chi connectivity index (χ1) is 8.99. The van der Waals surface area contributed by atoms with Gasteiger partial charge in [0.2, 0.25) is 0 Å². The maximum Gasteiger partial charge on any atom is 0.167 e. The first kappa shape index (κ1) is 13.9. The maximum absolute atomic E-state index is 13.7. The standard InChI is InChI=1S/C16H14BrFO/c1-10-4-3-5-14(11(10)2)16(19)9-12-8-13(17)6-7-15(12)18/h3-8H,9H2,1-2H3. The fourth-order valence-electron chi connectivity index (χ4n) is 2.00. The molecule has 19 heavy (non-hydrogen) atoms. The fraction of sp³-hybridized carbons (Fsp3) is 0.188. The smallest absolute Gasteiger partial charge is 0.167 e. The van der Waals surface area contributed by atoms with Crippen LogP contribution in [0.2, 0.25) is 0 Å². The first-order valence-electron chi connectivity index (χ1n) is 6.02. The molecular formula is C16H14BrFO. The van der Waals surface area contributed by atoms with Gasteiger partial charge < -0.3 is 0 Å². The highest BCUT2D eigenvalue weighted by Gasteiger charge is 2.13. The Morgan fingerprint density at radius 1 is 1.21 bits per heavy atom. The molecule has 2 rings (SSSR count). The van der Waals surface area contributed by atoms with Crippen LogP contribution >= 0.6 is 15.9 Å². The molecule has 0 heterocycles. The minimum Gasteiger partial charge on any atom is -0.294 e. The van der Waals surface area contributed by atoms with Crippen molar-refractivity contribution < 1.29 is 9.18 Å². The van der Waals surface area contributed by atoms with Crippen LogP contribution in [-0.2, 0) is 6.42 Å². The second-order valence-corrected chi connectivity index (χ2v) is 5.50. The number of hydrogen-bond acceptors (Lipinski definition) is 1. The molecule has 0 aliphatic carbocycles. The molecule has 0 aromatic heterocycles. The molecule has 0 N–H and O–H groups in total. The molecule has 2 aromatic carbocycles. The van der Waals surface area contributed by atoms with Crippen LogP contribution in [0.15, 0.2) is 40.9 Å². The van der Waals surface area contributed by atoms with E-state index in [4.69, 9.17) is 0 Å². The van der Waals surface area contributed by atoms with Gasteiger partial charge >= 0.3 is 0 Å². The number of benzene rings is 2. The van der Waals surface area contributed by atoms with Crippen molar-refractivity contribution in [2.75, 3.05) is 0 Å². The van der Waals surface area contributed by atoms with Crippen LogP contribution in [0, 0.1) is 19.7 Å². The summed E-state index contributed by atoms with van der Waals surface area (Å²) >= 11 is 3.29. The van der Waals surface area contributed by atoms with Crippen LogP contribution in [-0.4, -0.2) is 5.78 Å². The SMILES string of the molecule is Cc1cccc(C(=O)Cc2cc(Br)ccc2F)c1C. The average molecular weight is 321 g/mol. The third kappa shape index (κ3) is 3.10. The summed E-state index contributed by atoms with van der Waals surface area (Å²) in [7, 11) is 0. The molecule has 2 aromatic rings. The number of carbonyl (C=O) groups is 1. The lowest BCUT2D eigenvalue weighted by Crippen LogP contribution is -2.07. The van der Waals surface area contributed by atoms with Crippen LogP contribution < -0.4 is 0 Å². The van der Waals surface area contributed by atoms with Crippen LogP contribution in [0.5, 0.6) is 0 Å². The molecule has 0 saturated carbocycles. The van der Waals surface area contributed by atoms with Crippen molar-refractivity contribution in [1.29, 1.82) is 0 Å². The first-order valence-corrected chi connectivity index (χ1v) is 6.81. The summed E-state index contributed by atoms with van der Waals surface area (Å²) in [5.74, 6) is -0.403. The Balaban J connectivity index is 2.31. The van der Waals surface area contributed by atoms with Crippen LogP contribution in [0.25, 0.3) is 0 Å². The van der Waals surface area contributed by atoms with E-state index in [1.165, 1.54) is 6.07 Å². The van der Waals surface area contributed by atoms with Gasteiger partial charge in [-0.1, -0.05) is 34.1 Å². The van der Waals surface area contributed by atoms with Gasteiger partial charge in [0.15, 0.2) is 5.78 Å². The Morgan fingerprint density at radius 3 is 2.68 bits per heavy atom. The van der Waals surface area contributed by atoms with Gasteiger partial charge in [-0.05, 0) is 48.7 Å².